The molecular weight excluding hydrogens is 302 g/mol. The van der Waals surface area contributed by atoms with Crippen molar-refractivity contribution in [3.8, 4) is 0 Å². The van der Waals surface area contributed by atoms with Gasteiger partial charge in [-0.25, -0.2) is 0 Å². The quantitative estimate of drug-likeness (QED) is 0.941. The zero-order valence-corrected chi connectivity index (χ0v) is 14.2. The highest BCUT2D eigenvalue weighted by molar-refractivity contribution is 5.94. The van der Waals surface area contributed by atoms with E-state index in [-0.39, 0.29) is 11.5 Å². The second-order valence-corrected chi connectivity index (χ2v) is 6.23. The number of nitrogens with zero attached hydrogens (tertiary/aromatic N) is 2. The molecule has 1 aliphatic heterocycles. The molecule has 0 radical (unpaired) electrons. The summed E-state index contributed by atoms with van der Waals surface area (Å²) in [7, 11) is 0. The van der Waals surface area contributed by atoms with Crippen LogP contribution in [0.5, 0.6) is 0 Å². The summed E-state index contributed by atoms with van der Waals surface area (Å²) in [4.78, 5) is 31.2. The number of aryl methyl sites for hydroxylation is 2. The maximum Gasteiger partial charge on any atom is 0.254 e. The van der Waals surface area contributed by atoms with Crippen LogP contribution in [0.15, 0.2) is 41.2 Å². The van der Waals surface area contributed by atoms with E-state index >= 15 is 0 Å². The minimum Gasteiger partial charge on any atom is -0.368 e. The highest BCUT2D eigenvalue weighted by atomic mass is 16.2. The summed E-state index contributed by atoms with van der Waals surface area (Å²) in [5.41, 5.74) is 3.51. The molecule has 0 spiro atoms. The zero-order valence-electron chi connectivity index (χ0n) is 14.2. The molecule has 126 valence electrons. The number of aromatic amines is 1. The number of benzene rings is 1. The Balaban J connectivity index is 1.69. The van der Waals surface area contributed by atoms with E-state index in [0.29, 0.717) is 25.1 Å². The average Bonchev–Trinajstić information content (AvgIpc) is 2.60. The number of aromatic nitrogens is 1. The van der Waals surface area contributed by atoms with Gasteiger partial charge < -0.3 is 14.8 Å². The predicted molar refractivity (Wildman–Crippen MR) is 95.7 cm³/mol. The Morgan fingerprint density at radius 3 is 2.54 bits per heavy atom. The van der Waals surface area contributed by atoms with Crippen LogP contribution in [-0.2, 0) is 6.42 Å². The number of amides is 1. The first kappa shape index (κ1) is 16.3. The number of nitrogens with one attached hydrogen (secondary N) is 1. The lowest BCUT2D eigenvalue weighted by molar-refractivity contribution is 0.0746. The van der Waals surface area contributed by atoms with E-state index in [0.717, 1.165) is 18.8 Å². The van der Waals surface area contributed by atoms with Crippen LogP contribution in [0.2, 0.25) is 0 Å². The topological polar surface area (TPSA) is 56.4 Å². The van der Waals surface area contributed by atoms with Crippen molar-refractivity contribution in [2.24, 2.45) is 0 Å². The third-order valence-corrected chi connectivity index (χ3v) is 4.46. The van der Waals surface area contributed by atoms with Gasteiger partial charge in [0.2, 0.25) is 5.56 Å². The largest absolute Gasteiger partial charge is 0.368 e. The summed E-state index contributed by atoms with van der Waals surface area (Å²) in [6.45, 7) is 6.99. The van der Waals surface area contributed by atoms with E-state index < -0.39 is 0 Å². The lowest BCUT2D eigenvalue weighted by Gasteiger charge is -2.36. The van der Waals surface area contributed by atoms with Crippen LogP contribution in [0, 0.1) is 6.92 Å². The van der Waals surface area contributed by atoms with E-state index in [4.69, 9.17) is 0 Å². The lowest BCUT2D eigenvalue weighted by atomic mass is 10.1. The Morgan fingerprint density at radius 1 is 1.12 bits per heavy atom. The summed E-state index contributed by atoms with van der Waals surface area (Å²) >= 11 is 0. The first-order valence-electron chi connectivity index (χ1n) is 8.41. The van der Waals surface area contributed by atoms with E-state index in [2.05, 4.69) is 41.1 Å². The fourth-order valence-corrected chi connectivity index (χ4v) is 3.09. The van der Waals surface area contributed by atoms with Crippen molar-refractivity contribution in [2.75, 3.05) is 31.1 Å². The van der Waals surface area contributed by atoms with Gasteiger partial charge >= 0.3 is 0 Å². The summed E-state index contributed by atoms with van der Waals surface area (Å²) in [5.74, 6) is -0.0558. The van der Waals surface area contributed by atoms with Crippen molar-refractivity contribution in [1.29, 1.82) is 0 Å². The van der Waals surface area contributed by atoms with Gasteiger partial charge in [0.15, 0.2) is 0 Å². The number of H-pyrrole nitrogens is 1. The Bertz CT molecular complexity index is 789. The van der Waals surface area contributed by atoms with Gasteiger partial charge in [0.05, 0.1) is 0 Å². The van der Waals surface area contributed by atoms with Crippen molar-refractivity contribution in [3.05, 3.63) is 63.6 Å². The predicted octanol–water partition coefficient (Wildman–Crippen LogP) is 2.21. The van der Waals surface area contributed by atoms with Crippen molar-refractivity contribution < 1.29 is 4.79 Å². The Kier molecular flexibility index (Phi) is 4.69. The molecule has 5 heteroatoms. The molecule has 2 heterocycles. The van der Waals surface area contributed by atoms with Gasteiger partial charge in [0.1, 0.15) is 0 Å². The molecule has 1 aromatic heterocycles. The van der Waals surface area contributed by atoms with Gasteiger partial charge in [-0.2, -0.15) is 0 Å². The molecule has 1 saturated heterocycles. The first-order chi connectivity index (χ1) is 11.6. The smallest absolute Gasteiger partial charge is 0.254 e. The molecule has 1 amide bonds. The fraction of sp³-hybridized carbons (Fsp3) is 0.368. The Hall–Kier alpha value is -2.56. The second kappa shape index (κ2) is 6.91. The average molecular weight is 325 g/mol. The zero-order chi connectivity index (χ0) is 17.1. The lowest BCUT2D eigenvalue weighted by Crippen LogP contribution is -2.49. The molecule has 1 aromatic carbocycles. The molecule has 3 rings (SSSR count). The van der Waals surface area contributed by atoms with Crippen LogP contribution in [0.1, 0.15) is 28.5 Å². The number of carbonyl (C=O) groups is 1. The number of pyridine rings is 1. The third kappa shape index (κ3) is 3.50. The van der Waals surface area contributed by atoms with E-state index in [1.807, 2.05) is 11.8 Å². The number of hydrogen-bond acceptors (Lipinski definition) is 3. The van der Waals surface area contributed by atoms with Gasteiger partial charge in [-0.1, -0.05) is 19.1 Å². The summed E-state index contributed by atoms with van der Waals surface area (Å²) in [6, 6.07) is 11.6. The molecule has 0 aliphatic carbocycles. The molecule has 1 fully saturated rings. The van der Waals surface area contributed by atoms with Gasteiger partial charge in [0, 0.05) is 49.2 Å². The number of carbonyl (C=O) groups excluding carboxylic acids is 1. The minimum atomic E-state index is -0.212. The monoisotopic (exact) mass is 325 g/mol. The van der Waals surface area contributed by atoms with Crippen LogP contribution >= 0.6 is 0 Å². The molecule has 1 N–H and O–H groups in total. The molecule has 2 aromatic rings. The molecule has 0 unspecified atom stereocenters. The van der Waals surface area contributed by atoms with E-state index in [9.17, 15) is 9.59 Å². The standard InChI is InChI=1S/C19H23N3O2/c1-3-16-12-15(13-18(23)20-16)19(24)22-9-7-21(8-10-22)17-6-4-5-14(2)11-17/h4-6,11-13H,3,7-10H2,1-2H3,(H,20,23). The minimum absolute atomic E-state index is 0.0558. The highest BCUT2D eigenvalue weighted by Crippen LogP contribution is 2.18. The van der Waals surface area contributed by atoms with Crippen molar-refractivity contribution >= 4 is 11.6 Å². The van der Waals surface area contributed by atoms with Crippen LogP contribution in [0.25, 0.3) is 0 Å². The third-order valence-electron chi connectivity index (χ3n) is 4.46. The van der Waals surface area contributed by atoms with Crippen LogP contribution in [0.3, 0.4) is 0 Å². The van der Waals surface area contributed by atoms with E-state index in [1.165, 1.54) is 17.3 Å². The highest BCUT2D eigenvalue weighted by Gasteiger charge is 2.22. The fourth-order valence-electron chi connectivity index (χ4n) is 3.09. The summed E-state index contributed by atoms with van der Waals surface area (Å²) < 4.78 is 0. The maximum atomic E-state index is 12.7. The molecule has 0 atom stereocenters. The number of anilines is 1. The van der Waals surface area contributed by atoms with Crippen LogP contribution in [0.4, 0.5) is 5.69 Å². The molecule has 0 bridgehead atoms. The van der Waals surface area contributed by atoms with Crippen molar-refractivity contribution in [3.63, 3.8) is 0 Å². The summed E-state index contributed by atoms with van der Waals surface area (Å²) in [5, 5.41) is 0. The molecule has 5 nitrogen and oxygen atoms in total. The van der Waals surface area contributed by atoms with Crippen molar-refractivity contribution in [2.45, 2.75) is 20.3 Å². The number of hydrogen-bond donors (Lipinski definition) is 1. The molecular formula is C19H23N3O2. The van der Waals surface area contributed by atoms with Crippen molar-refractivity contribution in [1.82, 2.24) is 9.88 Å². The normalized spacial score (nSPS) is 14.8. The van der Waals surface area contributed by atoms with Gasteiger partial charge in [-0.15, -0.1) is 0 Å². The molecule has 1 aliphatic rings. The number of piperazine rings is 1. The van der Waals surface area contributed by atoms with Gasteiger partial charge in [-0.05, 0) is 37.1 Å². The van der Waals surface area contributed by atoms with Crippen LogP contribution < -0.4 is 10.5 Å². The molecule has 0 saturated carbocycles. The molecule has 24 heavy (non-hydrogen) atoms. The van der Waals surface area contributed by atoms with Crippen LogP contribution in [-0.4, -0.2) is 42.0 Å². The summed E-state index contributed by atoms with van der Waals surface area (Å²) in [6.07, 6.45) is 0.706. The van der Waals surface area contributed by atoms with Gasteiger partial charge in [0.25, 0.3) is 5.91 Å². The Morgan fingerprint density at radius 2 is 1.88 bits per heavy atom. The number of rotatable bonds is 3. The first-order valence-corrected chi connectivity index (χ1v) is 8.41. The van der Waals surface area contributed by atoms with Gasteiger partial charge in [-0.3, -0.25) is 9.59 Å². The van der Waals surface area contributed by atoms with E-state index in [1.54, 1.807) is 6.07 Å². The maximum absolute atomic E-state index is 12.7. The second-order valence-electron chi connectivity index (χ2n) is 6.23. The Labute approximate surface area is 141 Å². The SMILES string of the molecule is CCc1cc(C(=O)N2CCN(c3cccc(C)c3)CC2)cc(=O)[nH]1.